The summed E-state index contributed by atoms with van der Waals surface area (Å²) in [6, 6.07) is 4.97. The molecule has 0 saturated carbocycles. The summed E-state index contributed by atoms with van der Waals surface area (Å²) in [5, 5.41) is 0. The summed E-state index contributed by atoms with van der Waals surface area (Å²) < 4.78 is 10.0. The normalized spacial score (nSPS) is 9.95. The molecule has 110 valence electrons. The molecule has 0 aromatic heterocycles. The van der Waals surface area contributed by atoms with Crippen LogP contribution in [-0.4, -0.2) is 43.6 Å². The van der Waals surface area contributed by atoms with Crippen LogP contribution in [0.5, 0.6) is 5.75 Å². The Kier molecular flexibility index (Phi) is 5.83. The summed E-state index contributed by atoms with van der Waals surface area (Å²) in [6.07, 6.45) is 0. The molecule has 0 aliphatic carbocycles. The fourth-order valence-corrected chi connectivity index (χ4v) is 1.79. The van der Waals surface area contributed by atoms with E-state index in [1.54, 1.807) is 32.0 Å². The van der Waals surface area contributed by atoms with Crippen molar-refractivity contribution in [2.75, 3.05) is 32.5 Å². The molecule has 0 spiro atoms. The number of hydrogen-bond donors (Lipinski definition) is 1. The van der Waals surface area contributed by atoms with Gasteiger partial charge in [0.1, 0.15) is 17.9 Å². The third-order valence-electron chi connectivity index (χ3n) is 2.79. The minimum absolute atomic E-state index is 0.110. The van der Waals surface area contributed by atoms with Crippen LogP contribution in [0.25, 0.3) is 0 Å². The van der Waals surface area contributed by atoms with Crippen LogP contribution in [-0.2, 0) is 9.53 Å². The van der Waals surface area contributed by atoms with Crippen LogP contribution in [0, 0.1) is 0 Å². The summed E-state index contributed by atoms with van der Waals surface area (Å²) in [5.41, 5.74) is 6.42. The number of methoxy groups -OCH3 is 1. The molecule has 20 heavy (non-hydrogen) atoms. The second-order valence-corrected chi connectivity index (χ2v) is 4.05. The van der Waals surface area contributed by atoms with Crippen LogP contribution in [0.4, 0.5) is 5.69 Å². The SMILES string of the molecule is CCOC(=O)CN(CC)C(=O)c1c(N)cccc1OC. The lowest BCUT2D eigenvalue weighted by Gasteiger charge is -2.21. The average Bonchev–Trinajstić information content (AvgIpc) is 2.44. The van der Waals surface area contributed by atoms with E-state index in [1.807, 2.05) is 0 Å². The van der Waals surface area contributed by atoms with Crippen molar-refractivity contribution in [3.05, 3.63) is 23.8 Å². The van der Waals surface area contributed by atoms with Crippen LogP contribution in [0.15, 0.2) is 18.2 Å². The maximum Gasteiger partial charge on any atom is 0.325 e. The molecule has 1 rings (SSSR count). The van der Waals surface area contributed by atoms with Gasteiger partial charge in [0.05, 0.1) is 13.7 Å². The number of nitrogens with two attached hydrogens (primary N) is 1. The summed E-state index contributed by atoms with van der Waals surface area (Å²) in [5.74, 6) is -0.413. The number of anilines is 1. The van der Waals surface area contributed by atoms with Crippen LogP contribution in [0.1, 0.15) is 24.2 Å². The quantitative estimate of drug-likeness (QED) is 0.627. The second-order valence-electron chi connectivity index (χ2n) is 4.05. The number of likely N-dealkylation sites (N-methyl/N-ethyl adjacent to an activating group) is 1. The number of hydrogen-bond acceptors (Lipinski definition) is 5. The molecule has 0 fully saturated rings. The van der Waals surface area contributed by atoms with Gasteiger partial charge >= 0.3 is 5.97 Å². The predicted molar refractivity (Wildman–Crippen MR) is 75.6 cm³/mol. The van der Waals surface area contributed by atoms with Crippen molar-refractivity contribution >= 4 is 17.6 Å². The molecule has 0 saturated heterocycles. The Morgan fingerprint density at radius 1 is 1.30 bits per heavy atom. The number of amides is 1. The van der Waals surface area contributed by atoms with Crippen LogP contribution >= 0.6 is 0 Å². The summed E-state index contributed by atoms with van der Waals surface area (Å²) in [7, 11) is 1.47. The Labute approximate surface area is 118 Å². The fraction of sp³-hybridized carbons (Fsp3) is 0.429. The van der Waals surface area contributed by atoms with Crippen molar-refractivity contribution in [1.29, 1.82) is 0 Å². The highest BCUT2D eigenvalue weighted by molar-refractivity contribution is 6.02. The zero-order valence-electron chi connectivity index (χ0n) is 12.0. The first-order valence-electron chi connectivity index (χ1n) is 6.42. The zero-order chi connectivity index (χ0) is 15.1. The van der Waals surface area contributed by atoms with Crippen LogP contribution in [0.2, 0.25) is 0 Å². The van der Waals surface area contributed by atoms with Crippen LogP contribution in [0.3, 0.4) is 0 Å². The summed E-state index contributed by atoms with van der Waals surface area (Å²) in [6.45, 7) is 4.04. The number of esters is 1. The minimum Gasteiger partial charge on any atom is -0.496 e. The summed E-state index contributed by atoms with van der Waals surface area (Å²) in [4.78, 5) is 25.4. The maximum absolute atomic E-state index is 12.5. The van der Waals surface area contributed by atoms with Gasteiger partial charge in [-0.25, -0.2) is 0 Å². The van der Waals surface area contributed by atoms with E-state index in [4.69, 9.17) is 15.2 Å². The van der Waals surface area contributed by atoms with E-state index in [1.165, 1.54) is 12.0 Å². The average molecular weight is 280 g/mol. The van der Waals surface area contributed by atoms with E-state index < -0.39 is 5.97 Å². The Hall–Kier alpha value is -2.24. The number of benzene rings is 1. The van der Waals surface area contributed by atoms with Gasteiger partial charge in [-0.3, -0.25) is 9.59 Å². The van der Waals surface area contributed by atoms with E-state index in [0.29, 0.717) is 18.0 Å². The molecule has 0 atom stereocenters. The third kappa shape index (κ3) is 3.63. The van der Waals surface area contributed by atoms with Gasteiger partial charge in [-0.2, -0.15) is 0 Å². The van der Waals surface area contributed by atoms with Crippen molar-refractivity contribution in [3.8, 4) is 5.75 Å². The van der Waals surface area contributed by atoms with E-state index in [-0.39, 0.29) is 24.6 Å². The lowest BCUT2D eigenvalue weighted by molar-refractivity contribution is -0.143. The van der Waals surface area contributed by atoms with E-state index in [9.17, 15) is 9.59 Å². The monoisotopic (exact) mass is 280 g/mol. The molecule has 1 aromatic carbocycles. The molecule has 0 heterocycles. The zero-order valence-corrected chi connectivity index (χ0v) is 12.0. The fourth-order valence-electron chi connectivity index (χ4n) is 1.79. The van der Waals surface area contributed by atoms with Crippen molar-refractivity contribution in [1.82, 2.24) is 4.90 Å². The van der Waals surface area contributed by atoms with Gasteiger partial charge in [0.25, 0.3) is 5.91 Å². The highest BCUT2D eigenvalue weighted by Crippen LogP contribution is 2.25. The molecule has 6 nitrogen and oxygen atoms in total. The van der Waals surface area contributed by atoms with Crippen molar-refractivity contribution in [3.63, 3.8) is 0 Å². The van der Waals surface area contributed by atoms with Crippen molar-refractivity contribution in [2.24, 2.45) is 0 Å². The highest BCUT2D eigenvalue weighted by Gasteiger charge is 2.23. The van der Waals surface area contributed by atoms with Gasteiger partial charge in [0.15, 0.2) is 0 Å². The molecule has 0 bridgehead atoms. The number of carbonyl (C=O) groups excluding carboxylic acids is 2. The van der Waals surface area contributed by atoms with Gasteiger partial charge in [0.2, 0.25) is 0 Å². The minimum atomic E-state index is -0.448. The first kappa shape index (κ1) is 15.8. The maximum atomic E-state index is 12.5. The molecule has 0 unspecified atom stereocenters. The molecule has 1 aromatic rings. The second kappa shape index (κ2) is 7.37. The summed E-state index contributed by atoms with van der Waals surface area (Å²) >= 11 is 0. The predicted octanol–water partition coefficient (Wildman–Crippen LogP) is 1.30. The first-order chi connectivity index (χ1) is 9.54. The molecule has 2 N–H and O–H groups in total. The number of carbonyl (C=O) groups is 2. The van der Waals surface area contributed by atoms with E-state index >= 15 is 0 Å². The molecule has 6 heteroatoms. The van der Waals surface area contributed by atoms with E-state index in [0.717, 1.165) is 0 Å². The number of nitrogen functional groups attached to an aromatic ring is 1. The Bertz CT molecular complexity index is 488. The Morgan fingerprint density at radius 2 is 2.00 bits per heavy atom. The van der Waals surface area contributed by atoms with Gasteiger partial charge in [-0.15, -0.1) is 0 Å². The molecule has 0 radical (unpaired) electrons. The Balaban J connectivity index is 3.00. The smallest absolute Gasteiger partial charge is 0.325 e. The van der Waals surface area contributed by atoms with E-state index in [2.05, 4.69) is 0 Å². The molecule has 0 aliphatic heterocycles. The molecular formula is C14H20N2O4. The van der Waals surface area contributed by atoms with Crippen LogP contribution < -0.4 is 10.5 Å². The first-order valence-corrected chi connectivity index (χ1v) is 6.42. The Morgan fingerprint density at radius 3 is 2.55 bits per heavy atom. The van der Waals surface area contributed by atoms with Crippen molar-refractivity contribution < 1.29 is 19.1 Å². The van der Waals surface area contributed by atoms with Gasteiger partial charge in [-0.05, 0) is 26.0 Å². The van der Waals surface area contributed by atoms with Gasteiger partial charge in [0, 0.05) is 12.2 Å². The molecule has 1 amide bonds. The topological polar surface area (TPSA) is 81.9 Å². The largest absolute Gasteiger partial charge is 0.496 e. The third-order valence-corrected chi connectivity index (χ3v) is 2.79. The standard InChI is InChI=1S/C14H20N2O4/c1-4-16(9-12(17)20-5-2)14(18)13-10(15)7-6-8-11(13)19-3/h6-8H,4-5,9,15H2,1-3H3. The number of rotatable bonds is 6. The molecule has 0 aliphatic rings. The molecular weight excluding hydrogens is 260 g/mol. The van der Waals surface area contributed by atoms with Gasteiger partial charge in [-0.1, -0.05) is 6.07 Å². The lowest BCUT2D eigenvalue weighted by Crippen LogP contribution is -2.36. The number of ether oxygens (including phenoxy) is 2. The lowest BCUT2D eigenvalue weighted by atomic mass is 10.1. The van der Waals surface area contributed by atoms with Crippen molar-refractivity contribution in [2.45, 2.75) is 13.8 Å². The highest BCUT2D eigenvalue weighted by atomic mass is 16.5. The van der Waals surface area contributed by atoms with Gasteiger partial charge < -0.3 is 20.1 Å². The number of nitrogens with zero attached hydrogens (tertiary/aromatic N) is 1.